The molecule has 0 aliphatic carbocycles. The number of nitrogens with one attached hydrogen (secondary N) is 2. The number of hydrogen-bond acceptors (Lipinski definition) is 5. The zero-order valence-corrected chi connectivity index (χ0v) is 15.1. The Kier molecular flexibility index (Phi) is 5.98. The van der Waals surface area contributed by atoms with Gasteiger partial charge in [0.25, 0.3) is 5.91 Å². The van der Waals surface area contributed by atoms with Gasteiger partial charge in [-0.2, -0.15) is 5.26 Å². The lowest BCUT2D eigenvalue weighted by molar-refractivity contribution is 0.102. The highest BCUT2D eigenvalue weighted by Crippen LogP contribution is 2.12. The lowest BCUT2D eigenvalue weighted by Gasteiger charge is -2.07. The van der Waals surface area contributed by atoms with Crippen LogP contribution in [0.2, 0.25) is 5.02 Å². The molecule has 3 aromatic rings. The van der Waals surface area contributed by atoms with Crippen molar-refractivity contribution in [2.24, 2.45) is 0 Å². The first-order valence-electron chi connectivity index (χ1n) is 8.27. The summed E-state index contributed by atoms with van der Waals surface area (Å²) in [5.74, 6) is 0.227. The summed E-state index contributed by atoms with van der Waals surface area (Å²) in [5.41, 5.74) is 2.45. The van der Waals surface area contributed by atoms with Gasteiger partial charge in [0.1, 0.15) is 5.82 Å². The number of nitrogens with zero attached hydrogens (tertiary/aromatic N) is 3. The SMILES string of the molecule is N#Cc1ccc(NC(=O)c2ccc(NCCc3cccc(Cl)c3)nn2)cc1. The van der Waals surface area contributed by atoms with E-state index in [4.69, 9.17) is 16.9 Å². The first-order chi connectivity index (χ1) is 13.1. The van der Waals surface area contributed by atoms with Crippen LogP contribution in [0, 0.1) is 11.3 Å². The molecule has 0 aliphatic rings. The minimum absolute atomic E-state index is 0.208. The van der Waals surface area contributed by atoms with Crippen molar-refractivity contribution in [3.8, 4) is 6.07 Å². The molecule has 0 saturated carbocycles. The molecule has 0 spiro atoms. The van der Waals surface area contributed by atoms with Gasteiger partial charge in [-0.15, -0.1) is 10.2 Å². The van der Waals surface area contributed by atoms with Crippen molar-refractivity contribution in [2.45, 2.75) is 6.42 Å². The average molecular weight is 378 g/mol. The Labute approximate surface area is 161 Å². The summed E-state index contributed by atoms with van der Waals surface area (Å²) in [5, 5.41) is 23.4. The van der Waals surface area contributed by atoms with E-state index in [0.717, 1.165) is 12.0 Å². The fourth-order valence-corrected chi connectivity index (χ4v) is 2.61. The topological polar surface area (TPSA) is 90.7 Å². The summed E-state index contributed by atoms with van der Waals surface area (Å²) >= 11 is 5.97. The largest absolute Gasteiger partial charge is 0.368 e. The molecule has 0 bridgehead atoms. The molecule has 7 heteroatoms. The molecule has 134 valence electrons. The second-order valence-electron chi connectivity index (χ2n) is 5.75. The molecule has 1 heterocycles. The van der Waals surface area contributed by atoms with Crippen LogP contribution < -0.4 is 10.6 Å². The molecule has 0 unspecified atom stereocenters. The van der Waals surface area contributed by atoms with E-state index in [-0.39, 0.29) is 11.6 Å². The monoisotopic (exact) mass is 377 g/mol. The van der Waals surface area contributed by atoms with E-state index >= 15 is 0 Å². The van der Waals surface area contributed by atoms with E-state index in [1.807, 2.05) is 30.3 Å². The predicted octanol–water partition coefficient (Wildman–Crippen LogP) is 3.91. The summed E-state index contributed by atoms with van der Waals surface area (Å²) in [6.07, 6.45) is 0.795. The number of benzene rings is 2. The van der Waals surface area contributed by atoms with E-state index in [0.29, 0.717) is 28.6 Å². The lowest BCUT2D eigenvalue weighted by atomic mass is 10.1. The number of halogens is 1. The van der Waals surface area contributed by atoms with Gasteiger partial charge in [0.05, 0.1) is 11.6 Å². The molecular formula is C20H16ClN5O. The minimum atomic E-state index is -0.363. The Bertz CT molecular complexity index is 965. The smallest absolute Gasteiger partial charge is 0.276 e. The molecule has 1 aromatic heterocycles. The van der Waals surface area contributed by atoms with Gasteiger partial charge in [-0.25, -0.2) is 0 Å². The van der Waals surface area contributed by atoms with Crippen LogP contribution in [0.5, 0.6) is 0 Å². The van der Waals surface area contributed by atoms with Gasteiger partial charge in [-0.3, -0.25) is 4.79 Å². The van der Waals surface area contributed by atoms with Crippen LogP contribution in [0.25, 0.3) is 0 Å². The van der Waals surface area contributed by atoms with Gasteiger partial charge < -0.3 is 10.6 Å². The van der Waals surface area contributed by atoms with E-state index in [1.165, 1.54) is 0 Å². The number of nitriles is 1. The maximum atomic E-state index is 12.2. The number of aromatic nitrogens is 2. The Balaban J connectivity index is 1.53. The molecule has 0 radical (unpaired) electrons. The van der Waals surface area contributed by atoms with Crippen molar-refractivity contribution in [3.63, 3.8) is 0 Å². The fourth-order valence-electron chi connectivity index (χ4n) is 2.40. The molecule has 0 saturated heterocycles. The molecule has 2 N–H and O–H groups in total. The van der Waals surface area contributed by atoms with Crippen molar-refractivity contribution in [1.82, 2.24) is 10.2 Å². The molecular weight excluding hydrogens is 362 g/mol. The third-order valence-electron chi connectivity index (χ3n) is 3.78. The minimum Gasteiger partial charge on any atom is -0.368 e. The Hall–Kier alpha value is -3.43. The van der Waals surface area contributed by atoms with E-state index in [2.05, 4.69) is 20.8 Å². The van der Waals surface area contributed by atoms with Gasteiger partial charge in [0, 0.05) is 17.3 Å². The van der Waals surface area contributed by atoms with Crippen LogP contribution in [0.1, 0.15) is 21.6 Å². The van der Waals surface area contributed by atoms with Crippen LogP contribution in [-0.2, 0) is 6.42 Å². The van der Waals surface area contributed by atoms with Gasteiger partial charge >= 0.3 is 0 Å². The molecule has 27 heavy (non-hydrogen) atoms. The molecule has 6 nitrogen and oxygen atoms in total. The third kappa shape index (κ3) is 5.27. The lowest BCUT2D eigenvalue weighted by Crippen LogP contribution is -2.15. The molecule has 0 atom stereocenters. The Morgan fingerprint density at radius 1 is 1.07 bits per heavy atom. The average Bonchev–Trinajstić information content (AvgIpc) is 2.69. The third-order valence-corrected chi connectivity index (χ3v) is 4.01. The van der Waals surface area contributed by atoms with Gasteiger partial charge in [0.15, 0.2) is 5.69 Å². The van der Waals surface area contributed by atoms with Crippen LogP contribution in [0.15, 0.2) is 60.7 Å². The van der Waals surface area contributed by atoms with E-state index in [1.54, 1.807) is 36.4 Å². The van der Waals surface area contributed by atoms with E-state index < -0.39 is 0 Å². The zero-order chi connectivity index (χ0) is 19.1. The van der Waals surface area contributed by atoms with Crippen molar-refractivity contribution < 1.29 is 4.79 Å². The summed E-state index contributed by atoms with van der Waals surface area (Å²) in [4.78, 5) is 12.2. The maximum Gasteiger partial charge on any atom is 0.276 e. The van der Waals surface area contributed by atoms with E-state index in [9.17, 15) is 4.79 Å². The normalized spacial score (nSPS) is 10.1. The Morgan fingerprint density at radius 3 is 2.56 bits per heavy atom. The van der Waals surface area contributed by atoms with Crippen molar-refractivity contribution in [1.29, 1.82) is 5.26 Å². The zero-order valence-electron chi connectivity index (χ0n) is 14.3. The van der Waals surface area contributed by atoms with Gasteiger partial charge in [-0.05, 0) is 60.5 Å². The maximum absolute atomic E-state index is 12.2. The van der Waals surface area contributed by atoms with Gasteiger partial charge in [0.2, 0.25) is 0 Å². The number of amides is 1. The summed E-state index contributed by atoms with van der Waals surface area (Å²) in [6.45, 7) is 0.672. The second-order valence-corrected chi connectivity index (χ2v) is 6.19. The standard InChI is InChI=1S/C20H16ClN5O/c21-16-3-1-2-14(12-16)10-11-23-19-9-8-18(25-26-19)20(27)24-17-6-4-15(13-22)5-7-17/h1-9,12H,10-11H2,(H,23,26)(H,24,27). The first-order valence-corrected chi connectivity index (χ1v) is 8.65. The summed E-state index contributed by atoms with van der Waals surface area (Å²) in [6, 6.07) is 19.6. The number of rotatable bonds is 6. The highest BCUT2D eigenvalue weighted by atomic mass is 35.5. The quantitative estimate of drug-likeness (QED) is 0.679. The van der Waals surface area contributed by atoms with Gasteiger partial charge in [-0.1, -0.05) is 23.7 Å². The molecule has 1 amide bonds. The number of hydrogen-bond donors (Lipinski definition) is 2. The predicted molar refractivity (Wildman–Crippen MR) is 105 cm³/mol. The first kappa shape index (κ1) is 18.4. The molecule has 0 fully saturated rings. The highest BCUT2D eigenvalue weighted by molar-refractivity contribution is 6.30. The second kappa shape index (κ2) is 8.79. The summed E-state index contributed by atoms with van der Waals surface area (Å²) < 4.78 is 0. The van der Waals surface area contributed by atoms with Crippen molar-refractivity contribution in [2.75, 3.05) is 17.2 Å². The molecule has 2 aromatic carbocycles. The number of carbonyl (C=O) groups is 1. The Morgan fingerprint density at radius 2 is 1.89 bits per heavy atom. The van der Waals surface area contributed by atoms with Crippen LogP contribution >= 0.6 is 11.6 Å². The highest BCUT2D eigenvalue weighted by Gasteiger charge is 2.09. The van der Waals surface area contributed by atoms with Crippen LogP contribution in [0.4, 0.5) is 11.5 Å². The number of carbonyl (C=O) groups excluding carboxylic acids is 1. The molecule has 0 aliphatic heterocycles. The van der Waals surface area contributed by atoms with Crippen LogP contribution in [0.3, 0.4) is 0 Å². The fraction of sp³-hybridized carbons (Fsp3) is 0.100. The molecule has 3 rings (SSSR count). The van der Waals surface area contributed by atoms with Crippen molar-refractivity contribution in [3.05, 3.63) is 82.5 Å². The summed E-state index contributed by atoms with van der Waals surface area (Å²) in [7, 11) is 0. The van der Waals surface area contributed by atoms with Crippen molar-refractivity contribution >= 4 is 29.0 Å². The van der Waals surface area contributed by atoms with Crippen LogP contribution in [-0.4, -0.2) is 22.6 Å². The number of anilines is 2.